The maximum absolute atomic E-state index is 12.9. The molecule has 1 aromatic carbocycles. The highest BCUT2D eigenvalue weighted by atomic mass is 16.2. The predicted octanol–water partition coefficient (Wildman–Crippen LogP) is 5.53. The molecule has 0 spiro atoms. The Hall–Kier alpha value is -2.14. The average molecular weight is 444 g/mol. The van der Waals surface area contributed by atoms with E-state index >= 15 is 0 Å². The molecule has 2 unspecified atom stereocenters. The Labute approximate surface area is 195 Å². The van der Waals surface area contributed by atoms with Crippen LogP contribution in [0.3, 0.4) is 0 Å². The van der Waals surface area contributed by atoms with Crippen molar-refractivity contribution in [2.75, 3.05) is 7.05 Å². The van der Waals surface area contributed by atoms with Crippen LogP contribution in [0.2, 0.25) is 0 Å². The molecular formula is C27H45N3O2. The van der Waals surface area contributed by atoms with Crippen LogP contribution in [0.5, 0.6) is 0 Å². The summed E-state index contributed by atoms with van der Waals surface area (Å²) >= 11 is 0. The number of hydrogen-bond donors (Lipinski definition) is 2. The molecule has 5 heteroatoms. The van der Waals surface area contributed by atoms with Gasteiger partial charge in [0.2, 0.25) is 0 Å². The van der Waals surface area contributed by atoms with Crippen molar-refractivity contribution in [1.82, 2.24) is 10.2 Å². The zero-order valence-electron chi connectivity index (χ0n) is 21.3. The van der Waals surface area contributed by atoms with E-state index in [1.165, 1.54) is 11.1 Å². The minimum absolute atomic E-state index is 0.0135. The number of rotatable bonds is 13. The van der Waals surface area contributed by atoms with Crippen LogP contribution in [-0.2, 0) is 11.3 Å². The Morgan fingerprint density at radius 1 is 1.12 bits per heavy atom. The molecule has 0 aliphatic carbocycles. The zero-order chi connectivity index (χ0) is 24.4. The lowest BCUT2D eigenvalue weighted by Gasteiger charge is -2.31. The van der Waals surface area contributed by atoms with Gasteiger partial charge in [0.1, 0.15) is 5.78 Å². The first-order valence-electron chi connectivity index (χ1n) is 11.9. The Kier molecular flexibility index (Phi) is 11.7. The minimum Gasteiger partial charge on any atom is -0.334 e. The summed E-state index contributed by atoms with van der Waals surface area (Å²) in [4.78, 5) is 26.3. The van der Waals surface area contributed by atoms with E-state index in [2.05, 4.69) is 52.6 Å². The minimum atomic E-state index is -0.0992. The highest BCUT2D eigenvalue weighted by molar-refractivity contribution is 5.76. The number of nitrogens with zero attached hydrogens (tertiary/aromatic N) is 1. The fourth-order valence-corrected chi connectivity index (χ4v) is 3.96. The second-order valence-corrected chi connectivity index (χ2v) is 9.83. The van der Waals surface area contributed by atoms with Gasteiger partial charge in [-0.25, -0.2) is 4.79 Å². The molecule has 0 heterocycles. The summed E-state index contributed by atoms with van der Waals surface area (Å²) in [6.45, 7) is 16.9. The topological polar surface area (TPSA) is 75.4 Å². The van der Waals surface area contributed by atoms with Crippen LogP contribution in [0.15, 0.2) is 30.4 Å². The molecule has 180 valence electrons. The number of ketones is 1. The van der Waals surface area contributed by atoms with Crippen LogP contribution in [0, 0.1) is 25.7 Å². The molecule has 3 atom stereocenters. The van der Waals surface area contributed by atoms with E-state index in [1.54, 1.807) is 11.8 Å². The van der Waals surface area contributed by atoms with E-state index in [4.69, 9.17) is 5.73 Å². The van der Waals surface area contributed by atoms with Gasteiger partial charge in [0.25, 0.3) is 0 Å². The summed E-state index contributed by atoms with van der Waals surface area (Å²) in [6, 6.07) is 6.08. The van der Waals surface area contributed by atoms with Gasteiger partial charge in [-0.1, -0.05) is 51.1 Å². The van der Waals surface area contributed by atoms with Crippen molar-refractivity contribution in [3.05, 3.63) is 47.0 Å². The summed E-state index contributed by atoms with van der Waals surface area (Å²) in [7, 11) is 1.84. The van der Waals surface area contributed by atoms with Crippen LogP contribution in [0.1, 0.15) is 76.5 Å². The lowest BCUT2D eigenvalue weighted by atomic mass is 9.88. The predicted molar refractivity (Wildman–Crippen MR) is 135 cm³/mol. The monoisotopic (exact) mass is 443 g/mol. The largest absolute Gasteiger partial charge is 0.334 e. The number of nitrogens with one attached hydrogen (secondary N) is 1. The molecule has 2 amide bonds. The summed E-state index contributed by atoms with van der Waals surface area (Å²) < 4.78 is 0. The molecule has 0 aliphatic heterocycles. The fraction of sp³-hybridized carbons (Fsp3) is 0.630. The standard InChI is InChI=1S/C27H45N3O2/c1-18(2)26(28)21(5)13-12-19(3)16-25(15-14-22(6)31)30(8)27(32)29-17-24-11-9-10-20(4)23(24)7/h9-11,18-19,25-26H,5,12-17,28H2,1-4,6-8H3,(H,29,32)/t19?,25?,26-/m1/s1. The van der Waals surface area contributed by atoms with Gasteiger partial charge in [-0.3, -0.25) is 0 Å². The van der Waals surface area contributed by atoms with E-state index in [9.17, 15) is 9.59 Å². The van der Waals surface area contributed by atoms with Gasteiger partial charge in [-0.05, 0) is 75.0 Å². The third-order valence-electron chi connectivity index (χ3n) is 6.67. The Morgan fingerprint density at radius 3 is 2.38 bits per heavy atom. The lowest BCUT2D eigenvalue weighted by Crippen LogP contribution is -2.44. The summed E-state index contributed by atoms with van der Waals surface area (Å²) in [5.74, 6) is 0.938. The molecule has 0 aliphatic rings. The molecule has 1 rings (SSSR count). The van der Waals surface area contributed by atoms with Gasteiger partial charge < -0.3 is 20.7 Å². The maximum atomic E-state index is 12.9. The zero-order valence-corrected chi connectivity index (χ0v) is 21.3. The third kappa shape index (κ3) is 9.15. The molecule has 3 N–H and O–H groups in total. The van der Waals surface area contributed by atoms with Crippen LogP contribution < -0.4 is 11.1 Å². The molecule has 0 saturated carbocycles. The van der Waals surface area contributed by atoms with E-state index in [-0.39, 0.29) is 23.9 Å². The fourth-order valence-electron chi connectivity index (χ4n) is 3.96. The molecule has 0 radical (unpaired) electrons. The second kappa shape index (κ2) is 13.4. The SMILES string of the molecule is C=C(CCC(C)CC(CCC(C)=O)N(C)C(=O)NCc1cccc(C)c1C)[C@H](N)C(C)C. The van der Waals surface area contributed by atoms with Crippen LogP contribution in [0.25, 0.3) is 0 Å². The number of carbonyl (C=O) groups excluding carboxylic acids is 2. The third-order valence-corrected chi connectivity index (χ3v) is 6.67. The van der Waals surface area contributed by atoms with Gasteiger partial charge in [0.05, 0.1) is 0 Å². The molecule has 32 heavy (non-hydrogen) atoms. The van der Waals surface area contributed by atoms with Gasteiger partial charge in [0, 0.05) is 32.1 Å². The first kappa shape index (κ1) is 27.9. The van der Waals surface area contributed by atoms with Gasteiger partial charge >= 0.3 is 6.03 Å². The van der Waals surface area contributed by atoms with Gasteiger partial charge in [0.15, 0.2) is 0 Å². The normalized spacial score (nSPS) is 14.0. The number of amides is 2. The lowest BCUT2D eigenvalue weighted by molar-refractivity contribution is -0.117. The Balaban J connectivity index is 2.72. The van der Waals surface area contributed by atoms with Gasteiger partial charge in [-0.2, -0.15) is 0 Å². The summed E-state index contributed by atoms with van der Waals surface area (Å²) in [5, 5.41) is 3.06. The maximum Gasteiger partial charge on any atom is 0.317 e. The van der Waals surface area contributed by atoms with E-state index in [0.717, 1.165) is 30.4 Å². The van der Waals surface area contributed by atoms with Crippen molar-refractivity contribution in [3.63, 3.8) is 0 Å². The molecule has 0 fully saturated rings. The number of urea groups is 1. The molecular weight excluding hydrogens is 398 g/mol. The Morgan fingerprint density at radius 2 is 1.78 bits per heavy atom. The van der Waals surface area contributed by atoms with Crippen molar-refractivity contribution in [2.45, 2.75) is 92.3 Å². The first-order valence-corrected chi connectivity index (χ1v) is 11.9. The highest BCUT2D eigenvalue weighted by Crippen LogP contribution is 2.23. The van der Waals surface area contributed by atoms with E-state index in [1.807, 2.05) is 19.2 Å². The van der Waals surface area contributed by atoms with Crippen molar-refractivity contribution < 1.29 is 9.59 Å². The quantitative estimate of drug-likeness (QED) is 0.394. The number of hydrogen-bond acceptors (Lipinski definition) is 3. The summed E-state index contributed by atoms with van der Waals surface area (Å²) in [5.41, 5.74) is 10.9. The second-order valence-electron chi connectivity index (χ2n) is 9.83. The molecule has 0 aromatic heterocycles. The Bertz CT molecular complexity index is 772. The molecule has 1 aromatic rings. The number of Topliss-reactive ketones (excluding diaryl/α,β-unsaturated/α-hetero) is 1. The van der Waals surface area contributed by atoms with Crippen molar-refractivity contribution in [1.29, 1.82) is 0 Å². The van der Waals surface area contributed by atoms with E-state index in [0.29, 0.717) is 31.2 Å². The molecule has 0 saturated heterocycles. The molecule has 5 nitrogen and oxygen atoms in total. The van der Waals surface area contributed by atoms with Crippen LogP contribution in [0.4, 0.5) is 4.79 Å². The van der Waals surface area contributed by atoms with Crippen LogP contribution >= 0.6 is 0 Å². The van der Waals surface area contributed by atoms with Crippen molar-refractivity contribution in [2.24, 2.45) is 17.6 Å². The number of carbonyl (C=O) groups is 2. The highest BCUT2D eigenvalue weighted by Gasteiger charge is 2.23. The number of benzene rings is 1. The van der Waals surface area contributed by atoms with Crippen molar-refractivity contribution >= 4 is 11.8 Å². The van der Waals surface area contributed by atoms with Crippen molar-refractivity contribution in [3.8, 4) is 0 Å². The average Bonchev–Trinajstić information content (AvgIpc) is 2.74. The smallest absolute Gasteiger partial charge is 0.317 e. The first-order chi connectivity index (χ1) is 14.9. The number of nitrogens with two attached hydrogens (primary N) is 1. The van der Waals surface area contributed by atoms with Gasteiger partial charge in [-0.15, -0.1) is 0 Å². The van der Waals surface area contributed by atoms with Crippen LogP contribution in [-0.4, -0.2) is 35.8 Å². The van der Waals surface area contributed by atoms with E-state index < -0.39 is 0 Å². The number of aryl methyl sites for hydroxylation is 1. The molecule has 0 bridgehead atoms. The summed E-state index contributed by atoms with van der Waals surface area (Å²) in [6.07, 6.45) is 3.89.